The molecule has 1 N–H and O–H groups in total. The molecule has 0 spiro atoms. The molecule has 2 aromatic rings. The van der Waals surface area contributed by atoms with Crippen LogP contribution < -0.4 is 19.5 Å². The normalized spacial score (nSPS) is 13.6. The van der Waals surface area contributed by atoms with Gasteiger partial charge in [0.25, 0.3) is 5.91 Å². The van der Waals surface area contributed by atoms with Crippen LogP contribution in [0.25, 0.3) is 6.08 Å². The van der Waals surface area contributed by atoms with E-state index in [2.05, 4.69) is 5.32 Å². The van der Waals surface area contributed by atoms with Crippen molar-refractivity contribution in [1.82, 2.24) is 0 Å². The Labute approximate surface area is 181 Å². The second kappa shape index (κ2) is 9.55. The number of fused-ring (bicyclic) bond motifs is 1. The van der Waals surface area contributed by atoms with E-state index in [4.69, 9.17) is 18.9 Å². The second-order valence-electron chi connectivity index (χ2n) is 7.42. The fraction of sp³-hybridized carbons (Fsp3) is 0.333. The van der Waals surface area contributed by atoms with E-state index in [-0.39, 0.29) is 0 Å². The number of methoxy groups -OCH3 is 1. The molecule has 2 aromatic carbocycles. The number of aryl methyl sites for hydroxylation is 3. The fourth-order valence-corrected chi connectivity index (χ4v) is 3.42. The van der Waals surface area contributed by atoms with Crippen LogP contribution in [-0.2, 0) is 14.3 Å². The van der Waals surface area contributed by atoms with Crippen molar-refractivity contribution in [2.24, 2.45) is 0 Å². The van der Waals surface area contributed by atoms with Crippen molar-refractivity contribution in [1.29, 1.82) is 0 Å². The number of carbonyl (C=O) groups is 2. The van der Waals surface area contributed by atoms with Crippen LogP contribution in [-0.4, -0.2) is 38.3 Å². The molecule has 164 valence electrons. The molecule has 0 fully saturated rings. The summed E-state index contributed by atoms with van der Waals surface area (Å²) < 4.78 is 21.7. The molecule has 7 heteroatoms. The van der Waals surface area contributed by atoms with Crippen molar-refractivity contribution in [2.75, 3.05) is 25.6 Å². The first-order valence-corrected chi connectivity index (χ1v) is 10.0. The van der Waals surface area contributed by atoms with Crippen LogP contribution in [0.1, 0.15) is 29.2 Å². The molecule has 0 aliphatic carbocycles. The van der Waals surface area contributed by atoms with E-state index >= 15 is 0 Å². The highest BCUT2D eigenvalue weighted by Gasteiger charge is 2.20. The molecule has 0 saturated carbocycles. The molecule has 1 aliphatic heterocycles. The molecule has 1 aliphatic rings. The minimum absolute atomic E-state index is 0.391. The maximum Gasteiger partial charge on any atom is 0.331 e. The molecule has 3 rings (SSSR count). The van der Waals surface area contributed by atoms with Crippen LogP contribution in [0.2, 0.25) is 0 Å². The number of ether oxygens (including phenoxy) is 4. The van der Waals surface area contributed by atoms with E-state index < -0.39 is 18.0 Å². The Hall–Kier alpha value is -3.48. The van der Waals surface area contributed by atoms with Crippen molar-refractivity contribution in [2.45, 2.75) is 33.8 Å². The maximum atomic E-state index is 12.5. The molecule has 0 radical (unpaired) electrons. The number of hydrogen-bond acceptors (Lipinski definition) is 6. The zero-order valence-electron chi connectivity index (χ0n) is 18.4. The first-order valence-electron chi connectivity index (χ1n) is 10.0. The van der Waals surface area contributed by atoms with E-state index in [1.54, 1.807) is 18.2 Å². The van der Waals surface area contributed by atoms with Gasteiger partial charge in [0.05, 0.1) is 7.11 Å². The lowest BCUT2D eigenvalue weighted by molar-refractivity contribution is -0.148. The summed E-state index contributed by atoms with van der Waals surface area (Å²) in [5.41, 5.74) is 4.44. The van der Waals surface area contributed by atoms with Crippen LogP contribution in [0.15, 0.2) is 30.3 Å². The summed E-state index contributed by atoms with van der Waals surface area (Å²) in [5.74, 6) is 0.587. The van der Waals surface area contributed by atoms with Gasteiger partial charge in [0.15, 0.2) is 17.6 Å². The third-order valence-electron chi connectivity index (χ3n) is 4.85. The average molecular weight is 425 g/mol. The van der Waals surface area contributed by atoms with Crippen molar-refractivity contribution >= 4 is 23.6 Å². The summed E-state index contributed by atoms with van der Waals surface area (Å²) in [6.45, 7) is 8.28. The molecule has 1 atom stereocenters. The third-order valence-corrected chi connectivity index (χ3v) is 4.85. The van der Waals surface area contributed by atoms with Gasteiger partial charge < -0.3 is 24.3 Å². The van der Waals surface area contributed by atoms with Crippen molar-refractivity contribution in [3.8, 4) is 17.2 Å². The first-order chi connectivity index (χ1) is 14.8. The van der Waals surface area contributed by atoms with Crippen LogP contribution in [0.4, 0.5) is 5.69 Å². The van der Waals surface area contributed by atoms with Crippen molar-refractivity contribution < 1.29 is 28.5 Å². The van der Waals surface area contributed by atoms with Crippen LogP contribution >= 0.6 is 0 Å². The van der Waals surface area contributed by atoms with Gasteiger partial charge in [-0.25, -0.2) is 4.79 Å². The minimum atomic E-state index is -0.952. The van der Waals surface area contributed by atoms with E-state index in [0.29, 0.717) is 36.0 Å². The molecule has 0 bridgehead atoms. The Kier molecular flexibility index (Phi) is 6.84. The monoisotopic (exact) mass is 425 g/mol. The first kappa shape index (κ1) is 22.2. The smallest absolute Gasteiger partial charge is 0.331 e. The highest BCUT2D eigenvalue weighted by atomic mass is 16.6. The molecule has 7 nitrogen and oxygen atoms in total. The number of nitrogens with one attached hydrogen (secondary N) is 1. The molecule has 1 heterocycles. The van der Waals surface area contributed by atoms with Crippen molar-refractivity contribution in [3.63, 3.8) is 0 Å². The van der Waals surface area contributed by atoms with E-state index in [0.717, 1.165) is 22.4 Å². The highest BCUT2D eigenvalue weighted by Crippen LogP contribution is 2.40. The zero-order chi connectivity index (χ0) is 22.5. The fourth-order valence-electron chi connectivity index (χ4n) is 3.42. The van der Waals surface area contributed by atoms with E-state index in [9.17, 15) is 9.59 Å². The molecular formula is C24H27NO6. The molecule has 0 saturated heterocycles. The van der Waals surface area contributed by atoms with Gasteiger partial charge >= 0.3 is 5.97 Å². The van der Waals surface area contributed by atoms with E-state index in [1.165, 1.54) is 20.1 Å². The number of benzene rings is 2. The van der Waals surface area contributed by atoms with Gasteiger partial charge in [-0.3, -0.25) is 4.79 Å². The summed E-state index contributed by atoms with van der Waals surface area (Å²) in [4.78, 5) is 24.7. The molecule has 0 unspecified atom stereocenters. The summed E-state index contributed by atoms with van der Waals surface area (Å²) in [5, 5.41) is 2.85. The van der Waals surface area contributed by atoms with Gasteiger partial charge in [0.2, 0.25) is 5.75 Å². The highest BCUT2D eigenvalue weighted by molar-refractivity contribution is 5.97. The Morgan fingerprint density at radius 3 is 2.42 bits per heavy atom. The number of anilines is 1. The summed E-state index contributed by atoms with van der Waals surface area (Å²) in [6.07, 6.45) is 1.88. The molecule has 31 heavy (non-hydrogen) atoms. The lowest BCUT2D eigenvalue weighted by atomic mass is 10.0. The number of esters is 1. The van der Waals surface area contributed by atoms with Crippen LogP contribution in [0.5, 0.6) is 17.2 Å². The third kappa shape index (κ3) is 5.36. The van der Waals surface area contributed by atoms with Gasteiger partial charge in [-0.05, 0) is 62.6 Å². The van der Waals surface area contributed by atoms with Gasteiger partial charge in [-0.2, -0.15) is 0 Å². The van der Waals surface area contributed by atoms with Crippen LogP contribution in [0, 0.1) is 20.8 Å². The Morgan fingerprint density at radius 2 is 1.74 bits per heavy atom. The SMILES string of the molecule is COc1cc(/C=C/C(=O)O[C@@H](C)C(=O)Nc2c(C)cc(C)cc2C)cc2c1OCCO2. The topological polar surface area (TPSA) is 83.1 Å². The Morgan fingerprint density at radius 1 is 1.06 bits per heavy atom. The quantitative estimate of drug-likeness (QED) is 0.557. The summed E-state index contributed by atoms with van der Waals surface area (Å²) >= 11 is 0. The predicted molar refractivity (Wildman–Crippen MR) is 118 cm³/mol. The Balaban J connectivity index is 1.64. The van der Waals surface area contributed by atoms with Gasteiger partial charge in [-0.1, -0.05) is 17.7 Å². The molecule has 1 amide bonds. The van der Waals surface area contributed by atoms with E-state index in [1.807, 2.05) is 32.9 Å². The number of amides is 1. The maximum absolute atomic E-state index is 12.5. The summed E-state index contributed by atoms with van der Waals surface area (Å²) in [7, 11) is 1.53. The predicted octanol–water partition coefficient (Wildman–Crippen LogP) is 3.98. The molecular weight excluding hydrogens is 398 g/mol. The lowest BCUT2D eigenvalue weighted by Gasteiger charge is -2.21. The van der Waals surface area contributed by atoms with Crippen LogP contribution in [0.3, 0.4) is 0 Å². The van der Waals surface area contributed by atoms with Gasteiger partial charge in [-0.15, -0.1) is 0 Å². The van der Waals surface area contributed by atoms with Gasteiger partial charge in [0, 0.05) is 11.8 Å². The largest absolute Gasteiger partial charge is 0.493 e. The number of rotatable bonds is 6. The minimum Gasteiger partial charge on any atom is -0.493 e. The average Bonchev–Trinajstić information content (AvgIpc) is 2.73. The zero-order valence-corrected chi connectivity index (χ0v) is 18.4. The standard InChI is InChI=1S/C24H27NO6/c1-14-10-15(2)22(16(3)11-14)25-24(27)17(4)31-21(26)7-6-18-12-19(28-5)23-20(13-18)29-8-9-30-23/h6-7,10-13,17H,8-9H2,1-5H3,(H,25,27)/b7-6+/t17-/m0/s1. The molecule has 0 aromatic heterocycles. The van der Waals surface area contributed by atoms with Gasteiger partial charge in [0.1, 0.15) is 13.2 Å². The van der Waals surface area contributed by atoms with Crippen molar-refractivity contribution in [3.05, 3.63) is 52.6 Å². The Bertz CT molecular complexity index is 987. The summed E-state index contributed by atoms with van der Waals surface area (Å²) in [6, 6.07) is 7.46. The number of hydrogen-bond donors (Lipinski definition) is 1. The number of carbonyl (C=O) groups excluding carboxylic acids is 2. The second-order valence-corrected chi connectivity index (χ2v) is 7.42. The lowest BCUT2D eigenvalue weighted by Crippen LogP contribution is -2.30.